The number of sulfone groups is 1. The minimum Gasteiger partial charge on any atom is -0.481 e. The Labute approximate surface area is 90.8 Å². The van der Waals surface area contributed by atoms with Gasteiger partial charge in [-0.2, -0.15) is 0 Å². The highest BCUT2D eigenvalue weighted by atomic mass is 32.2. The second-order valence-corrected chi connectivity index (χ2v) is 6.61. The standard InChI is InChI=1S/C9H19NO4S/c1-9(2,8(11)12)7-10-5-4-6-15(3,13)14/h10H,4-7H2,1-3H3,(H,11,12). The number of carboxylic acid groups (broad SMARTS) is 1. The molecule has 15 heavy (non-hydrogen) atoms. The van der Waals surface area contributed by atoms with Crippen molar-refractivity contribution in [1.82, 2.24) is 5.32 Å². The summed E-state index contributed by atoms with van der Waals surface area (Å²) in [6, 6.07) is 0. The van der Waals surface area contributed by atoms with E-state index in [4.69, 9.17) is 5.11 Å². The van der Waals surface area contributed by atoms with Crippen LogP contribution in [0.4, 0.5) is 0 Å². The molecule has 0 aliphatic heterocycles. The van der Waals surface area contributed by atoms with Gasteiger partial charge in [0.25, 0.3) is 0 Å². The van der Waals surface area contributed by atoms with Crippen molar-refractivity contribution in [2.24, 2.45) is 5.41 Å². The van der Waals surface area contributed by atoms with Crippen LogP contribution in [0.5, 0.6) is 0 Å². The van der Waals surface area contributed by atoms with Crippen LogP contribution in [0.25, 0.3) is 0 Å². The Bertz CT molecular complexity index is 308. The highest BCUT2D eigenvalue weighted by Crippen LogP contribution is 2.12. The van der Waals surface area contributed by atoms with Crippen molar-refractivity contribution in [2.45, 2.75) is 20.3 Å². The topological polar surface area (TPSA) is 83.5 Å². The van der Waals surface area contributed by atoms with Crippen LogP contribution in [0.2, 0.25) is 0 Å². The summed E-state index contributed by atoms with van der Waals surface area (Å²) in [7, 11) is -2.91. The number of hydrogen-bond donors (Lipinski definition) is 2. The highest BCUT2D eigenvalue weighted by Gasteiger charge is 2.26. The summed E-state index contributed by atoms with van der Waals surface area (Å²) in [6.07, 6.45) is 1.70. The van der Waals surface area contributed by atoms with Gasteiger partial charge in [0.05, 0.1) is 11.2 Å². The van der Waals surface area contributed by atoms with Gasteiger partial charge in [0, 0.05) is 12.8 Å². The minimum absolute atomic E-state index is 0.132. The van der Waals surface area contributed by atoms with Crippen molar-refractivity contribution in [2.75, 3.05) is 25.1 Å². The lowest BCUT2D eigenvalue weighted by Crippen LogP contribution is -2.36. The van der Waals surface area contributed by atoms with E-state index >= 15 is 0 Å². The zero-order chi connectivity index (χ0) is 12.1. The van der Waals surface area contributed by atoms with Crippen LogP contribution < -0.4 is 5.32 Å². The summed E-state index contributed by atoms with van der Waals surface area (Å²) in [5.74, 6) is -0.730. The Morgan fingerprint density at radius 2 is 1.93 bits per heavy atom. The van der Waals surface area contributed by atoms with E-state index in [9.17, 15) is 13.2 Å². The second-order valence-electron chi connectivity index (χ2n) is 4.35. The molecule has 2 N–H and O–H groups in total. The number of carboxylic acids is 1. The summed E-state index contributed by atoms with van der Waals surface area (Å²) in [4.78, 5) is 10.7. The first-order valence-corrected chi connectivity index (χ1v) is 6.83. The van der Waals surface area contributed by atoms with E-state index in [-0.39, 0.29) is 5.75 Å². The Balaban J connectivity index is 3.69. The number of aliphatic carboxylic acids is 1. The van der Waals surface area contributed by atoms with Gasteiger partial charge in [0.2, 0.25) is 0 Å². The molecule has 0 unspecified atom stereocenters. The third kappa shape index (κ3) is 7.33. The fraction of sp³-hybridized carbons (Fsp3) is 0.889. The summed E-state index contributed by atoms with van der Waals surface area (Å²) in [5, 5.41) is 11.7. The van der Waals surface area contributed by atoms with Crippen LogP contribution in [0, 0.1) is 5.41 Å². The minimum atomic E-state index is -2.91. The van der Waals surface area contributed by atoms with Gasteiger partial charge in [-0.05, 0) is 26.8 Å². The predicted octanol–water partition coefficient (Wildman–Crippen LogP) is 0.122. The summed E-state index contributed by atoms with van der Waals surface area (Å²) in [5.41, 5.74) is -0.814. The van der Waals surface area contributed by atoms with E-state index < -0.39 is 21.2 Å². The quantitative estimate of drug-likeness (QED) is 0.615. The van der Waals surface area contributed by atoms with Crippen molar-refractivity contribution >= 4 is 15.8 Å². The molecule has 0 saturated heterocycles. The molecule has 0 rings (SSSR count). The number of hydrogen-bond acceptors (Lipinski definition) is 4. The van der Waals surface area contributed by atoms with E-state index in [2.05, 4.69) is 5.32 Å². The van der Waals surface area contributed by atoms with E-state index in [0.29, 0.717) is 19.5 Å². The summed E-state index contributed by atoms with van der Waals surface area (Å²) >= 11 is 0. The van der Waals surface area contributed by atoms with E-state index in [1.807, 2.05) is 0 Å². The van der Waals surface area contributed by atoms with Crippen molar-refractivity contribution in [1.29, 1.82) is 0 Å². The maximum Gasteiger partial charge on any atom is 0.310 e. The lowest BCUT2D eigenvalue weighted by molar-refractivity contribution is -0.146. The van der Waals surface area contributed by atoms with E-state index in [1.54, 1.807) is 13.8 Å². The average Bonchev–Trinajstić information content (AvgIpc) is 2.00. The van der Waals surface area contributed by atoms with Crippen molar-refractivity contribution in [3.05, 3.63) is 0 Å². The van der Waals surface area contributed by atoms with Gasteiger partial charge in [0.1, 0.15) is 9.84 Å². The number of rotatable bonds is 7. The third-order valence-electron chi connectivity index (χ3n) is 2.01. The Kier molecular flexibility index (Phi) is 5.23. The molecule has 0 bridgehead atoms. The van der Waals surface area contributed by atoms with Crippen LogP contribution in [-0.4, -0.2) is 44.6 Å². The predicted molar refractivity (Wildman–Crippen MR) is 58.6 cm³/mol. The molecule has 0 aliphatic rings. The molecule has 0 radical (unpaired) electrons. The summed E-state index contributed by atoms with van der Waals surface area (Å²) in [6.45, 7) is 4.10. The molecule has 0 amide bonds. The molecule has 0 heterocycles. The molecule has 5 nitrogen and oxygen atoms in total. The zero-order valence-corrected chi connectivity index (χ0v) is 10.2. The Morgan fingerprint density at radius 1 is 1.40 bits per heavy atom. The molecule has 0 atom stereocenters. The molecule has 0 saturated carbocycles. The van der Waals surface area contributed by atoms with Gasteiger partial charge < -0.3 is 10.4 Å². The molecular weight excluding hydrogens is 218 g/mol. The molecule has 0 aromatic carbocycles. The number of nitrogens with one attached hydrogen (secondary N) is 1. The molecule has 90 valence electrons. The van der Waals surface area contributed by atoms with Crippen molar-refractivity contribution < 1.29 is 18.3 Å². The molecule has 0 fully saturated rings. The lowest BCUT2D eigenvalue weighted by Gasteiger charge is -2.19. The lowest BCUT2D eigenvalue weighted by atomic mass is 9.94. The van der Waals surface area contributed by atoms with Crippen LogP contribution >= 0.6 is 0 Å². The van der Waals surface area contributed by atoms with Crippen LogP contribution in [0.15, 0.2) is 0 Å². The van der Waals surface area contributed by atoms with E-state index in [1.165, 1.54) is 6.26 Å². The van der Waals surface area contributed by atoms with Gasteiger partial charge >= 0.3 is 5.97 Å². The SMILES string of the molecule is CC(C)(CNCCCS(C)(=O)=O)C(=O)O. The normalized spacial score (nSPS) is 12.7. The fourth-order valence-corrected chi connectivity index (χ4v) is 1.60. The molecule has 0 aliphatic carbocycles. The number of carbonyl (C=O) groups is 1. The molecule has 6 heteroatoms. The van der Waals surface area contributed by atoms with Gasteiger partial charge in [-0.15, -0.1) is 0 Å². The van der Waals surface area contributed by atoms with Crippen LogP contribution in [0.3, 0.4) is 0 Å². The zero-order valence-electron chi connectivity index (χ0n) is 9.41. The Morgan fingerprint density at radius 3 is 2.33 bits per heavy atom. The Hall–Kier alpha value is -0.620. The monoisotopic (exact) mass is 237 g/mol. The summed E-state index contributed by atoms with van der Waals surface area (Å²) < 4.78 is 21.6. The molecular formula is C9H19NO4S. The molecule has 0 aromatic rings. The van der Waals surface area contributed by atoms with Gasteiger partial charge in [-0.25, -0.2) is 8.42 Å². The van der Waals surface area contributed by atoms with Crippen molar-refractivity contribution in [3.63, 3.8) is 0 Å². The molecule has 0 aromatic heterocycles. The first kappa shape index (κ1) is 14.4. The first-order valence-electron chi connectivity index (χ1n) is 4.77. The van der Waals surface area contributed by atoms with Gasteiger partial charge in [0.15, 0.2) is 0 Å². The fourth-order valence-electron chi connectivity index (χ4n) is 0.936. The second kappa shape index (κ2) is 5.46. The molecule has 0 spiro atoms. The van der Waals surface area contributed by atoms with Crippen LogP contribution in [-0.2, 0) is 14.6 Å². The average molecular weight is 237 g/mol. The van der Waals surface area contributed by atoms with Gasteiger partial charge in [-0.3, -0.25) is 4.79 Å². The largest absolute Gasteiger partial charge is 0.481 e. The maximum absolute atomic E-state index is 10.8. The first-order chi connectivity index (χ1) is 6.65. The van der Waals surface area contributed by atoms with Crippen molar-refractivity contribution in [3.8, 4) is 0 Å². The van der Waals surface area contributed by atoms with E-state index in [0.717, 1.165) is 0 Å². The third-order valence-corrected chi connectivity index (χ3v) is 3.04. The maximum atomic E-state index is 10.8. The smallest absolute Gasteiger partial charge is 0.310 e. The van der Waals surface area contributed by atoms with Gasteiger partial charge in [-0.1, -0.05) is 0 Å². The highest BCUT2D eigenvalue weighted by molar-refractivity contribution is 7.90. The van der Waals surface area contributed by atoms with Crippen LogP contribution in [0.1, 0.15) is 20.3 Å².